The molecule has 1 saturated heterocycles. The Labute approximate surface area is 115 Å². The van der Waals surface area contributed by atoms with Crippen molar-refractivity contribution in [1.82, 2.24) is 10.2 Å². The van der Waals surface area contributed by atoms with Gasteiger partial charge in [-0.2, -0.15) is 0 Å². The standard InChI is InChI=1S/C14H26N2O3/c1-9(2)12(13(17)15-11(4)14(18)19)16-7-5-6-10(3)8-16/h9-12H,5-8H2,1-4H3,(H,15,17)(H,18,19). The monoisotopic (exact) mass is 270 g/mol. The van der Waals surface area contributed by atoms with E-state index >= 15 is 0 Å². The molecule has 3 unspecified atom stereocenters. The van der Waals surface area contributed by atoms with Gasteiger partial charge in [0.05, 0.1) is 6.04 Å². The van der Waals surface area contributed by atoms with Crippen molar-refractivity contribution >= 4 is 11.9 Å². The third-order valence-electron chi connectivity index (χ3n) is 3.71. The molecule has 0 spiro atoms. The van der Waals surface area contributed by atoms with Crippen LogP contribution in [0.2, 0.25) is 0 Å². The highest BCUT2D eigenvalue weighted by atomic mass is 16.4. The van der Waals surface area contributed by atoms with Crippen LogP contribution in [0.25, 0.3) is 0 Å². The molecule has 0 aliphatic carbocycles. The second-order valence-electron chi connectivity index (χ2n) is 6.00. The van der Waals surface area contributed by atoms with Crippen LogP contribution in [-0.4, -0.2) is 47.1 Å². The first kappa shape index (κ1) is 16.0. The first-order chi connectivity index (χ1) is 8.82. The van der Waals surface area contributed by atoms with Crippen molar-refractivity contribution in [1.29, 1.82) is 0 Å². The van der Waals surface area contributed by atoms with Crippen LogP contribution in [0, 0.1) is 11.8 Å². The van der Waals surface area contributed by atoms with Crippen LogP contribution in [0.4, 0.5) is 0 Å². The lowest BCUT2D eigenvalue weighted by atomic mass is 9.94. The van der Waals surface area contributed by atoms with Crippen LogP contribution in [0.15, 0.2) is 0 Å². The minimum absolute atomic E-state index is 0.168. The summed E-state index contributed by atoms with van der Waals surface area (Å²) >= 11 is 0. The summed E-state index contributed by atoms with van der Waals surface area (Å²) in [7, 11) is 0. The van der Waals surface area contributed by atoms with Crippen LogP contribution in [0.5, 0.6) is 0 Å². The van der Waals surface area contributed by atoms with Crippen molar-refractivity contribution in [2.24, 2.45) is 11.8 Å². The van der Waals surface area contributed by atoms with E-state index in [2.05, 4.69) is 17.1 Å². The third kappa shape index (κ3) is 4.49. The fraction of sp³-hybridized carbons (Fsp3) is 0.857. The third-order valence-corrected chi connectivity index (χ3v) is 3.71. The molecule has 110 valence electrons. The van der Waals surface area contributed by atoms with Gasteiger partial charge in [-0.1, -0.05) is 20.8 Å². The number of rotatable bonds is 5. The number of hydrogen-bond acceptors (Lipinski definition) is 3. The maximum absolute atomic E-state index is 12.3. The van der Waals surface area contributed by atoms with Gasteiger partial charge in [-0.15, -0.1) is 0 Å². The molecule has 0 aromatic carbocycles. The fourth-order valence-corrected chi connectivity index (χ4v) is 2.73. The molecule has 0 bridgehead atoms. The molecule has 0 radical (unpaired) electrons. The molecule has 5 nitrogen and oxygen atoms in total. The number of hydrogen-bond donors (Lipinski definition) is 2. The summed E-state index contributed by atoms with van der Waals surface area (Å²) in [6.07, 6.45) is 2.31. The Morgan fingerprint density at radius 2 is 1.95 bits per heavy atom. The van der Waals surface area contributed by atoms with Gasteiger partial charge in [0.1, 0.15) is 6.04 Å². The number of likely N-dealkylation sites (tertiary alicyclic amines) is 1. The van der Waals surface area contributed by atoms with Gasteiger partial charge in [-0.3, -0.25) is 14.5 Å². The zero-order valence-electron chi connectivity index (χ0n) is 12.3. The highest BCUT2D eigenvalue weighted by Gasteiger charge is 2.32. The molecule has 0 aromatic heterocycles. The second kappa shape index (κ2) is 6.89. The minimum Gasteiger partial charge on any atom is -0.480 e. The van der Waals surface area contributed by atoms with Gasteiger partial charge in [0.15, 0.2) is 0 Å². The zero-order valence-corrected chi connectivity index (χ0v) is 12.3. The number of carboxylic acid groups (broad SMARTS) is 1. The van der Waals surface area contributed by atoms with Gasteiger partial charge in [0.25, 0.3) is 0 Å². The number of carboxylic acids is 1. The lowest BCUT2D eigenvalue weighted by Crippen LogP contribution is -2.55. The Balaban J connectivity index is 2.71. The predicted molar refractivity (Wildman–Crippen MR) is 73.8 cm³/mol. The van der Waals surface area contributed by atoms with Gasteiger partial charge in [-0.05, 0) is 38.1 Å². The first-order valence-corrected chi connectivity index (χ1v) is 7.10. The summed E-state index contributed by atoms with van der Waals surface area (Å²) in [6.45, 7) is 9.54. The zero-order chi connectivity index (χ0) is 14.6. The number of carbonyl (C=O) groups excluding carboxylic acids is 1. The molecule has 3 atom stereocenters. The van der Waals surface area contributed by atoms with Crippen molar-refractivity contribution in [3.8, 4) is 0 Å². The van der Waals surface area contributed by atoms with E-state index in [4.69, 9.17) is 5.11 Å². The SMILES string of the molecule is CC1CCCN(C(C(=O)NC(C)C(=O)O)C(C)C)C1. The quantitative estimate of drug-likeness (QED) is 0.791. The van der Waals surface area contributed by atoms with Gasteiger partial charge in [-0.25, -0.2) is 0 Å². The van der Waals surface area contributed by atoms with E-state index in [0.29, 0.717) is 5.92 Å². The summed E-state index contributed by atoms with van der Waals surface area (Å²) in [5.74, 6) is -0.395. The van der Waals surface area contributed by atoms with E-state index in [1.165, 1.54) is 13.3 Å². The molecule has 1 aliphatic heterocycles. The van der Waals surface area contributed by atoms with Gasteiger partial charge >= 0.3 is 5.97 Å². The van der Waals surface area contributed by atoms with E-state index in [1.54, 1.807) is 0 Å². The number of aliphatic carboxylic acids is 1. The number of carbonyl (C=O) groups is 2. The summed E-state index contributed by atoms with van der Waals surface area (Å²) in [6, 6.07) is -1.07. The predicted octanol–water partition coefficient (Wildman–Crippen LogP) is 1.33. The summed E-state index contributed by atoms with van der Waals surface area (Å²) in [5.41, 5.74) is 0. The number of amides is 1. The van der Waals surface area contributed by atoms with E-state index < -0.39 is 12.0 Å². The van der Waals surface area contributed by atoms with Crippen molar-refractivity contribution in [3.05, 3.63) is 0 Å². The van der Waals surface area contributed by atoms with Crippen molar-refractivity contribution < 1.29 is 14.7 Å². The van der Waals surface area contributed by atoms with Gasteiger partial charge < -0.3 is 10.4 Å². The Kier molecular flexibility index (Phi) is 5.79. The van der Waals surface area contributed by atoms with E-state index in [1.807, 2.05) is 13.8 Å². The van der Waals surface area contributed by atoms with Crippen LogP contribution in [0.3, 0.4) is 0 Å². The average Bonchev–Trinajstić information content (AvgIpc) is 2.28. The maximum Gasteiger partial charge on any atom is 0.325 e. The molecular formula is C14H26N2O3. The van der Waals surface area contributed by atoms with Crippen molar-refractivity contribution in [2.45, 2.75) is 52.6 Å². The highest BCUT2D eigenvalue weighted by Crippen LogP contribution is 2.21. The molecule has 1 amide bonds. The minimum atomic E-state index is -0.997. The Morgan fingerprint density at radius 3 is 2.42 bits per heavy atom. The molecule has 1 fully saturated rings. The summed E-state index contributed by atoms with van der Waals surface area (Å²) in [4.78, 5) is 25.3. The summed E-state index contributed by atoms with van der Waals surface area (Å²) < 4.78 is 0. The molecular weight excluding hydrogens is 244 g/mol. The molecule has 1 heterocycles. The molecule has 1 rings (SSSR count). The summed E-state index contributed by atoms with van der Waals surface area (Å²) in [5, 5.41) is 11.5. The number of piperidine rings is 1. The van der Waals surface area contributed by atoms with E-state index in [0.717, 1.165) is 19.5 Å². The Bertz CT molecular complexity index is 331. The molecule has 5 heteroatoms. The topological polar surface area (TPSA) is 69.6 Å². The molecule has 19 heavy (non-hydrogen) atoms. The van der Waals surface area contributed by atoms with Crippen LogP contribution >= 0.6 is 0 Å². The van der Waals surface area contributed by atoms with Crippen LogP contribution in [-0.2, 0) is 9.59 Å². The molecule has 2 N–H and O–H groups in total. The average molecular weight is 270 g/mol. The van der Waals surface area contributed by atoms with Crippen molar-refractivity contribution in [3.63, 3.8) is 0 Å². The van der Waals surface area contributed by atoms with Crippen LogP contribution in [0.1, 0.15) is 40.5 Å². The highest BCUT2D eigenvalue weighted by molar-refractivity contribution is 5.86. The van der Waals surface area contributed by atoms with Gasteiger partial charge in [0.2, 0.25) is 5.91 Å². The van der Waals surface area contributed by atoms with E-state index in [9.17, 15) is 9.59 Å². The lowest BCUT2D eigenvalue weighted by molar-refractivity contribution is -0.142. The normalized spacial score (nSPS) is 23.9. The molecule has 0 saturated carbocycles. The smallest absolute Gasteiger partial charge is 0.325 e. The number of nitrogens with one attached hydrogen (secondary N) is 1. The second-order valence-corrected chi connectivity index (χ2v) is 6.00. The first-order valence-electron chi connectivity index (χ1n) is 7.10. The van der Waals surface area contributed by atoms with Crippen molar-refractivity contribution in [2.75, 3.05) is 13.1 Å². The largest absolute Gasteiger partial charge is 0.480 e. The maximum atomic E-state index is 12.3. The molecule has 1 aliphatic rings. The fourth-order valence-electron chi connectivity index (χ4n) is 2.73. The van der Waals surface area contributed by atoms with Gasteiger partial charge in [0, 0.05) is 6.54 Å². The lowest BCUT2D eigenvalue weighted by Gasteiger charge is -2.38. The number of nitrogens with zero attached hydrogens (tertiary/aromatic N) is 1. The van der Waals surface area contributed by atoms with Crippen LogP contribution < -0.4 is 5.32 Å². The molecule has 0 aromatic rings. The Hall–Kier alpha value is -1.10. The van der Waals surface area contributed by atoms with E-state index in [-0.39, 0.29) is 17.9 Å². The Morgan fingerprint density at radius 1 is 1.32 bits per heavy atom.